The van der Waals surface area contributed by atoms with Crippen molar-refractivity contribution in [3.63, 3.8) is 0 Å². The smallest absolute Gasteiger partial charge is 0.263 e. The van der Waals surface area contributed by atoms with Crippen LogP contribution in [-0.2, 0) is 0 Å². The second-order valence-corrected chi connectivity index (χ2v) is 7.49. The summed E-state index contributed by atoms with van der Waals surface area (Å²) >= 11 is 5.15. The molecule has 0 aliphatic heterocycles. The summed E-state index contributed by atoms with van der Waals surface area (Å²) in [6.07, 6.45) is 4.91. The van der Waals surface area contributed by atoms with E-state index in [0.29, 0.717) is 10.7 Å². The van der Waals surface area contributed by atoms with Crippen molar-refractivity contribution < 1.29 is 4.79 Å². The molecule has 1 N–H and O–H groups in total. The SMILES string of the molecule is Cc1nc(C)c(C(=O)NCC2CCCC(Br)C2)s1. The molecule has 0 spiro atoms. The normalized spacial score (nSPS) is 23.9. The number of carbonyl (C=O) groups excluding carboxylic acids is 1. The summed E-state index contributed by atoms with van der Waals surface area (Å²) in [5, 5.41) is 4.01. The first kappa shape index (κ1) is 14.0. The molecule has 1 aliphatic rings. The fraction of sp³-hybridized carbons (Fsp3) is 0.692. The molecule has 0 bridgehead atoms. The highest BCUT2D eigenvalue weighted by Crippen LogP contribution is 2.28. The molecule has 3 nitrogen and oxygen atoms in total. The van der Waals surface area contributed by atoms with Crippen LogP contribution in [0.3, 0.4) is 0 Å². The predicted molar refractivity (Wildman–Crippen MR) is 78.6 cm³/mol. The quantitative estimate of drug-likeness (QED) is 0.862. The Morgan fingerprint density at radius 2 is 2.28 bits per heavy atom. The van der Waals surface area contributed by atoms with Crippen LogP contribution < -0.4 is 5.32 Å². The monoisotopic (exact) mass is 330 g/mol. The molecule has 100 valence electrons. The first-order valence-electron chi connectivity index (χ1n) is 6.42. The van der Waals surface area contributed by atoms with Gasteiger partial charge in [0.15, 0.2) is 0 Å². The minimum Gasteiger partial charge on any atom is -0.351 e. The van der Waals surface area contributed by atoms with E-state index in [-0.39, 0.29) is 5.91 Å². The molecule has 2 rings (SSSR count). The van der Waals surface area contributed by atoms with E-state index in [9.17, 15) is 4.79 Å². The van der Waals surface area contributed by atoms with Crippen LogP contribution in [0.5, 0.6) is 0 Å². The Morgan fingerprint density at radius 3 is 2.89 bits per heavy atom. The molecule has 5 heteroatoms. The standard InChI is InChI=1S/C13H19BrN2OS/c1-8-12(18-9(2)16-8)13(17)15-7-10-4-3-5-11(14)6-10/h10-11H,3-7H2,1-2H3,(H,15,17). The average molecular weight is 331 g/mol. The van der Waals surface area contributed by atoms with E-state index in [1.807, 2.05) is 13.8 Å². The van der Waals surface area contributed by atoms with Gasteiger partial charge in [-0.1, -0.05) is 22.4 Å². The number of carbonyl (C=O) groups is 1. The lowest BCUT2D eigenvalue weighted by Crippen LogP contribution is -2.31. The Kier molecular flexibility index (Phi) is 4.78. The molecule has 2 atom stereocenters. The van der Waals surface area contributed by atoms with Crippen molar-refractivity contribution in [1.29, 1.82) is 0 Å². The van der Waals surface area contributed by atoms with Gasteiger partial charge in [-0.05, 0) is 39.0 Å². The van der Waals surface area contributed by atoms with Gasteiger partial charge < -0.3 is 5.32 Å². The van der Waals surface area contributed by atoms with Crippen LogP contribution in [-0.4, -0.2) is 22.3 Å². The van der Waals surface area contributed by atoms with Gasteiger partial charge in [0.2, 0.25) is 0 Å². The Labute approximate surface area is 121 Å². The van der Waals surface area contributed by atoms with E-state index >= 15 is 0 Å². The maximum atomic E-state index is 12.1. The first-order chi connectivity index (χ1) is 8.56. The van der Waals surface area contributed by atoms with Gasteiger partial charge in [0, 0.05) is 11.4 Å². The third kappa shape index (κ3) is 3.54. The fourth-order valence-electron chi connectivity index (χ4n) is 2.47. The summed E-state index contributed by atoms with van der Waals surface area (Å²) < 4.78 is 0. The molecule has 1 aromatic heterocycles. The molecule has 0 radical (unpaired) electrons. The zero-order valence-corrected chi connectivity index (χ0v) is 13.2. The van der Waals surface area contributed by atoms with Gasteiger partial charge in [-0.15, -0.1) is 11.3 Å². The van der Waals surface area contributed by atoms with Gasteiger partial charge in [0.1, 0.15) is 4.88 Å². The number of aromatic nitrogens is 1. The van der Waals surface area contributed by atoms with E-state index in [1.54, 1.807) is 0 Å². The molecular weight excluding hydrogens is 312 g/mol. The van der Waals surface area contributed by atoms with Gasteiger partial charge in [-0.3, -0.25) is 4.79 Å². The third-order valence-corrected chi connectivity index (χ3v) is 5.28. The number of amides is 1. The van der Waals surface area contributed by atoms with E-state index in [1.165, 1.54) is 37.0 Å². The molecule has 1 saturated carbocycles. The highest BCUT2D eigenvalue weighted by Gasteiger charge is 2.21. The lowest BCUT2D eigenvalue weighted by atomic mass is 9.89. The van der Waals surface area contributed by atoms with Crippen molar-refractivity contribution in [2.24, 2.45) is 5.92 Å². The van der Waals surface area contributed by atoms with E-state index in [2.05, 4.69) is 26.2 Å². The van der Waals surface area contributed by atoms with Gasteiger partial charge in [-0.2, -0.15) is 0 Å². The number of halogens is 1. The maximum Gasteiger partial charge on any atom is 0.263 e. The maximum absolute atomic E-state index is 12.1. The highest BCUT2D eigenvalue weighted by molar-refractivity contribution is 9.09. The van der Waals surface area contributed by atoms with E-state index in [4.69, 9.17) is 0 Å². The van der Waals surface area contributed by atoms with Crippen molar-refractivity contribution in [3.05, 3.63) is 15.6 Å². The first-order valence-corrected chi connectivity index (χ1v) is 8.15. The summed E-state index contributed by atoms with van der Waals surface area (Å²) in [7, 11) is 0. The number of aryl methyl sites for hydroxylation is 2. The molecular formula is C13H19BrN2OS. The van der Waals surface area contributed by atoms with Crippen LogP contribution in [0.2, 0.25) is 0 Å². The van der Waals surface area contributed by atoms with Gasteiger partial charge in [0.25, 0.3) is 5.91 Å². The van der Waals surface area contributed by atoms with Crippen molar-refractivity contribution in [2.45, 2.75) is 44.4 Å². The van der Waals surface area contributed by atoms with Crippen molar-refractivity contribution in [2.75, 3.05) is 6.54 Å². The Morgan fingerprint density at radius 1 is 1.50 bits per heavy atom. The number of hydrogen-bond acceptors (Lipinski definition) is 3. The summed E-state index contributed by atoms with van der Waals surface area (Å²) in [6, 6.07) is 0. The van der Waals surface area contributed by atoms with Crippen LogP contribution >= 0.6 is 27.3 Å². The number of rotatable bonds is 3. The van der Waals surface area contributed by atoms with Crippen molar-refractivity contribution in [3.8, 4) is 0 Å². The number of alkyl halides is 1. The van der Waals surface area contributed by atoms with Gasteiger partial charge in [-0.25, -0.2) is 4.98 Å². The lowest BCUT2D eigenvalue weighted by Gasteiger charge is -2.25. The van der Waals surface area contributed by atoms with Crippen LogP contribution in [0.1, 0.15) is 46.1 Å². The summed E-state index contributed by atoms with van der Waals surface area (Å²) in [5.41, 5.74) is 0.844. The number of nitrogens with one attached hydrogen (secondary N) is 1. The van der Waals surface area contributed by atoms with Crippen LogP contribution in [0.4, 0.5) is 0 Å². The number of thiazole rings is 1. The molecule has 1 aliphatic carbocycles. The summed E-state index contributed by atoms with van der Waals surface area (Å²) in [4.78, 5) is 17.7. The van der Waals surface area contributed by atoms with Crippen LogP contribution in [0.25, 0.3) is 0 Å². The molecule has 18 heavy (non-hydrogen) atoms. The number of hydrogen-bond donors (Lipinski definition) is 1. The zero-order valence-electron chi connectivity index (χ0n) is 10.8. The molecule has 0 aromatic carbocycles. The zero-order chi connectivity index (χ0) is 13.1. The van der Waals surface area contributed by atoms with Gasteiger partial charge >= 0.3 is 0 Å². The molecule has 1 amide bonds. The van der Waals surface area contributed by atoms with Crippen LogP contribution in [0.15, 0.2) is 0 Å². The molecule has 0 saturated heterocycles. The summed E-state index contributed by atoms with van der Waals surface area (Å²) in [5.74, 6) is 0.649. The third-order valence-electron chi connectivity index (χ3n) is 3.38. The lowest BCUT2D eigenvalue weighted by molar-refractivity contribution is 0.0947. The van der Waals surface area contributed by atoms with E-state index < -0.39 is 0 Å². The second kappa shape index (κ2) is 6.15. The topological polar surface area (TPSA) is 42.0 Å². The van der Waals surface area contributed by atoms with Crippen LogP contribution in [0, 0.1) is 19.8 Å². The Bertz CT molecular complexity index is 433. The highest BCUT2D eigenvalue weighted by atomic mass is 79.9. The minimum atomic E-state index is 0.0368. The number of nitrogens with zero attached hydrogens (tertiary/aromatic N) is 1. The second-order valence-electron chi connectivity index (χ2n) is 4.99. The van der Waals surface area contributed by atoms with Gasteiger partial charge in [0.05, 0.1) is 10.7 Å². The largest absolute Gasteiger partial charge is 0.351 e. The Hall–Kier alpha value is -0.420. The van der Waals surface area contributed by atoms with Crippen molar-refractivity contribution in [1.82, 2.24) is 10.3 Å². The predicted octanol–water partition coefficient (Wildman–Crippen LogP) is 3.44. The fourth-order valence-corrected chi connectivity index (χ4v) is 4.16. The van der Waals surface area contributed by atoms with E-state index in [0.717, 1.165) is 22.1 Å². The molecule has 1 aromatic rings. The Balaban J connectivity index is 1.86. The molecule has 1 fully saturated rings. The molecule has 2 unspecified atom stereocenters. The summed E-state index contributed by atoms with van der Waals surface area (Å²) in [6.45, 7) is 4.62. The molecule has 1 heterocycles. The average Bonchev–Trinajstić information content (AvgIpc) is 2.66. The minimum absolute atomic E-state index is 0.0368. The van der Waals surface area contributed by atoms with Crippen molar-refractivity contribution >= 4 is 33.2 Å².